The number of nitrogens with zero attached hydrogens (tertiary/aromatic N) is 3. The molecule has 0 bridgehead atoms. The average Bonchev–Trinajstić information content (AvgIpc) is 3.04. The van der Waals surface area contributed by atoms with Gasteiger partial charge < -0.3 is 10.3 Å². The highest BCUT2D eigenvalue weighted by molar-refractivity contribution is 8.00. The van der Waals surface area contributed by atoms with Gasteiger partial charge in [-0.25, -0.2) is 0 Å². The summed E-state index contributed by atoms with van der Waals surface area (Å²) in [5, 5.41) is 9.47. The Morgan fingerprint density at radius 1 is 1.15 bits per heavy atom. The smallest absolute Gasteiger partial charge is 0.235 e. The van der Waals surface area contributed by atoms with Crippen molar-refractivity contribution in [2.45, 2.75) is 30.3 Å². The van der Waals surface area contributed by atoms with Gasteiger partial charge in [0.05, 0.1) is 0 Å². The SMILES string of the molecule is CCCn1c(S[C@H](C(N)=O)c2ccccc2)nnc1-c1ccc(Cl)cc1. The lowest BCUT2D eigenvalue weighted by Crippen LogP contribution is -2.19. The van der Waals surface area contributed by atoms with Gasteiger partial charge in [0, 0.05) is 17.1 Å². The van der Waals surface area contributed by atoms with E-state index in [9.17, 15) is 4.79 Å². The average molecular weight is 387 g/mol. The molecule has 0 saturated carbocycles. The van der Waals surface area contributed by atoms with Gasteiger partial charge in [0.1, 0.15) is 5.25 Å². The second-order valence-electron chi connectivity index (χ2n) is 5.78. The summed E-state index contributed by atoms with van der Waals surface area (Å²) in [7, 11) is 0. The molecule has 3 rings (SSSR count). The van der Waals surface area contributed by atoms with Gasteiger partial charge in [-0.05, 0) is 36.2 Å². The highest BCUT2D eigenvalue weighted by atomic mass is 35.5. The van der Waals surface area contributed by atoms with E-state index >= 15 is 0 Å². The van der Waals surface area contributed by atoms with Gasteiger partial charge >= 0.3 is 0 Å². The molecule has 0 fully saturated rings. The molecule has 2 N–H and O–H groups in total. The van der Waals surface area contributed by atoms with Crippen LogP contribution in [0.5, 0.6) is 0 Å². The second-order valence-corrected chi connectivity index (χ2v) is 7.28. The number of aromatic nitrogens is 3. The van der Waals surface area contributed by atoms with E-state index in [4.69, 9.17) is 17.3 Å². The molecule has 3 aromatic rings. The van der Waals surface area contributed by atoms with Gasteiger partial charge in [-0.3, -0.25) is 4.79 Å². The molecule has 1 amide bonds. The van der Waals surface area contributed by atoms with Crippen LogP contribution in [0.15, 0.2) is 59.8 Å². The van der Waals surface area contributed by atoms with Crippen LogP contribution in [0.3, 0.4) is 0 Å². The van der Waals surface area contributed by atoms with E-state index in [-0.39, 0.29) is 0 Å². The summed E-state index contributed by atoms with van der Waals surface area (Å²) in [4.78, 5) is 12.0. The van der Waals surface area contributed by atoms with Gasteiger partial charge in [-0.2, -0.15) is 0 Å². The summed E-state index contributed by atoms with van der Waals surface area (Å²) in [6.45, 7) is 2.83. The molecular weight excluding hydrogens is 368 g/mol. The highest BCUT2D eigenvalue weighted by Gasteiger charge is 2.23. The number of hydrogen-bond donors (Lipinski definition) is 1. The first-order chi connectivity index (χ1) is 12.6. The van der Waals surface area contributed by atoms with Crippen molar-refractivity contribution in [1.82, 2.24) is 14.8 Å². The van der Waals surface area contributed by atoms with Crippen LogP contribution in [0.4, 0.5) is 0 Å². The van der Waals surface area contributed by atoms with Crippen LogP contribution >= 0.6 is 23.4 Å². The minimum Gasteiger partial charge on any atom is -0.368 e. The Morgan fingerprint density at radius 3 is 2.46 bits per heavy atom. The molecule has 1 atom stereocenters. The van der Waals surface area contributed by atoms with Crippen LogP contribution in [-0.2, 0) is 11.3 Å². The molecule has 134 valence electrons. The third kappa shape index (κ3) is 4.08. The van der Waals surface area contributed by atoms with Gasteiger partial charge in [0.2, 0.25) is 5.91 Å². The lowest BCUT2D eigenvalue weighted by atomic mass is 10.1. The third-order valence-electron chi connectivity index (χ3n) is 3.85. The van der Waals surface area contributed by atoms with Gasteiger partial charge in [-0.15, -0.1) is 10.2 Å². The van der Waals surface area contributed by atoms with Crippen LogP contribution in [0.1, 0.15) is 24.2 Å². The summed E-state index contributed by atoms with van der Waals surface area (Å²) in [6.07, 6.45) is 0.915. The number of halogens is 1. The number of carbonyl (C=O) groups excluding carboxylic acids is 1. The predicted octanol–water partition coefficient (Wildman–Crippen LogP) is 4.33. The van der Waals surface area contributed by atoms with Crippen molar-refractivity contribution < 1.29 is 4.79 Å². The summed E-state index contributed by atoms with van der Waals surface area (Å²) < 4.78 is 2.02. The summed E-state index contributed by atoms with van der Waals surface area (Å²) in [5.74, 6) is 0.350. The van der Waals surface area contributed by atoms with E-state index in [2.05, 4.69) is 17.1 Å². The van der Waals surface area contributed by atoms with Crippen molar-refractivity contribution in [3.63, 3.8) is 0 Å². The summed E-state index contributed by atoms with van der Waals surface area (Å²) in [6, 6.07) is 16.9. The van der Waals surface area contributed by atoms with Gasteiger partial charge in [-0.1, -0.05) is 60.6 Å². The van der Waals surface area contributed by atoms with Crippen LogP contribution in [-0.4, -0.2) is 20.7 Å². The van der Waals surface area contributed by atoms with Crippen molar-refractivity contribution in [1.29, 1.82) is 0 Å². The minimum absolute atomic E-state index is 0.403. The minimum atomic E-state index is -0.519. The Morgan fingerprint density at radius 2 is 1.85 bits per heavy atom. The number of thioether (sulfide) groups is 1. The number of primary amides is 1. The molecular formula is C19H19ClN4OS. The number of amides is 1. The first-order valence-corrected chi connectivity index (χ1v) is 9.56. The normalized spacial score (nSPS) is 12.1. The zero-order valence-electron chi connectivity index (χ0n) is 14.3. The molecule has 5 nitrogen and oxygen atoms in total. The largest absolute Gasteiger partial charge is 0.368 e. The summed E-state index contributed by atoms with van der Waals surface area (Å²) >= 11 is 7.30. The van der Waals surface area contributed by atoms with Crippen LogP contribution in [0.25, 0.3) is 11.4 Å². The van der Waals surface area contributed by atoms with Crippen molar-refractivity contribution in [3.8, 4) is 11.4 Å². The molecule has 0 radical (unpaired) electrons. The molecule has 0 spiro atoms. The van der Waals surface area contributed by atoms with E-state index in [0.29, 0.717) is 10.2 Å². The second kappa shape index (κ2) is 8.38. The van der Waals surface area contributed by atoms with Crippen molar-refractivity contribution in [3.05, 3.63) is 65.2 Å². The predicted molar refractivity (Wildman–Crippen MR) is 105 cm³/mol. The molecule has 0 aliphatic rings. The first kappa shape index (κ1) is 18.5. The highest BCUT2D eigenvalue weighted by Crippen LogP contribution is 2.35. The van der Waals surface area contributed by atoms with E-state index < -0.39 is 11.2 Å². The maximum atomic E-state index is 12.0. The molecule has 1 heterocycles. The Balaban J connectivity index is 1.96. The maximum absolute atomic E-state index is 12.0. The fourth-order valence-corrected chi connectivity index (χ4v) is 3.78. The van der Waals surface area contributed by atoms with E-state index in [1.165, 1.54) is 11.8 Å². The molecule has 0 unspecified atom stereocenters. The van der Waals surface area contributed by atoms with Crippen LogP contribution in [0.2, 0.25) is 5.02 Å². The molecule has 2 aromatic carbocycles. The number of nitrogens with two attached hydrogens (primary N) is 1. The molecule has 0 aliphatic carbocycles. The van der Waals surface area contributed by atoms with Gasteiger partial charge in [0.15, 0.2) is 11.0 Å². The topological polar surface area (TPSA) is 73.8 Å². The van der Waals surface area contributed by atoms with Crippen molar-refractivity contribution in [2.75, 3.05) is 0 Å². The van der Waals surface area contributed by atoms with E-state index in [1.807, 2.05) is 59.2 Å². The molecule has 0 saturated heterocycles. The number of benzene rings is 2. The van der Waals surface area contributed by atoms with Crippen molar-refractivity contribution in [2.24, 2.45) is 5.73 Å². The van der Waals surface area contributed by atoms with Crippen LogP contribution in [0, 0.1) is 0 Å². The number of hydrogen-bond acceptors (Lipinski definition) is 4. The van der Waals surface area contributed by atoms with E-state index in [1.54, 1.807) is 0 Å². The number of rotatable bonds is 7. The third-order valence-corrected chi connectivity index (χ3v) is 5.36. The molecule has 26 heavy (non-hydrogen) atoms. The lowest BCUT2D eigenvalue weighted by molar-refractivity contribution is -0.117. The van der Waals surface area contributed by atoms with E-state index in [0.717, 1.165) is 29.9 Å². The Hall–Kier alpha value is -2.31. The fraction of sp³-hybridized carbons (Fsp3) is 0.211. The zero-order valence-corrected chi connectivity index (χ0v) is 15.9. The summed E-state index contributed by atoms with van der Waals surface area (Å²) in [5.41, 5.74) is 7.42. The Bertz CT molecular complexity index is 880. The Labute approximate surface area is 161 Å². The Kier molecular flexibility index (Phi) is 5.96. The maximum Gasteiger partial charge on any atom is 0.235 e. The molecule has 0 aliphatic heterocycles. The van der Waals surface area contributed by atoms with Crippen molar-refractivity contribution >= 4 is 29.3 Å². The number of carbonyl (C=O) groups is 1. The fourth-order valence-electron chi connectivity index (χ4n) is 2.64. The quantitative estimate of drug-likeness (QED) is 0.613. The zero-order chi connectivity index (χ0) is 18.5. The van der Waals surface area contributed by atoms with Crippen LogP contribution < -0.4 is 5.73 Å². The molecule has 7 heteroatoms. The van der Waals surface area contributed by atoms with Gasteiger partial charge in [0.25, 0.3) is 0 Å². The monoisotopic (exact) mass is 386 g/mol. The lowest BCUT2D eigenvalue weighted by Gasteiger charge is -2.14. The first-order valence-electron chi connectivity index (χ1n) is 8.30. The standard InChI is InChI=1S/C19H19ClN4OS/c1-2-12-24-18(14-8-10-15(20)11-9-14)22-23-19(24)26-16(17(21)25)13-6-4-3-5-7-13/h3-11,16H,2,12H2,1H3,(H2,21,25)/t16-/m0/s1. The molecule has 1 aromatic heterocycles.